The summed E-state index contributed by atoms with van der Waals surface area (Å²) in [6.07, 6.45) is 1.28. The molecule has 1 fully saturated rings. The van der Waals surface area contributed by atoms with Gasteiger partial charge >= 0.3 is 0 Å². The standard InChI is InChI=1S/C7H12N4O.ClH/c1-5(12)7-4-11(10-9-7)6-2-8-3-6;/h4-6,8,12H,2-3H2,1H3;1H/t5-;/m1./s1. The first kappa shape index (κ1) is 10.4. The number of hydrogen-bond acceptors (Lipinski definition) is 4. The largest absolute Gasteiger partial charge is 0.387 e. The zero-order chi connectivity index (χ0) is 8.55. The third-order valence-corrected chi connectivity index (χ3v) is 2.09. The van der Waals surface area contributed by atoms with Crippen molar-refractivity contribution >= 4 is 12.4 Å². The fourth-order valence-corrected chi connectivity index (χ4v) is 1.12. The van der Waals surface area contributed by atoms with Crippen molar-refractivity contribution in [3.05, 3.63) is 11.9 Å². The fourth-order valence-electron chi connectivity index (χ4n) is 1.12. The van der Waals surface area contributed by atoms with Crippen LogP contribution in [0.25, 0.3) is 0 Å². The Morgan fingerprint density at radius 1 is 1.69 bits per heavy atom. The van der Waals surface area contributed by atoms with Crippen molar-refractivity contribution in [2.24, 2.45) is 0 Å². The molecular formula is C7H13ClN4O. The quantitative estimate of drug-likeness (QED) is 0.706. The number of hydrogen-bond donors (Lipinski definition) is 2. The first-order valence-corrected chi connectivity index (χ1v) is 4.08. The van der Waals surface area contributed by atoms with Crippen molar-refractivity contribution in [1.82, 2.24) is 20.3 Å². The smallest absolute Gasteiger partial charge is 0.111 e. The third kappa shape index (κ3) is 1.99. The van der Waals surface area contributed by atoms with E-state index >= 15 is 0 Å². The molecule has 2 N–H and O–H groups in total. The molecule has 1 aromatic heterocycles. The lowest BCUT2D eigenvalue weighted by molar-refractivity contribution is 0.194. The Hall–Kier alpha value is -0.650. The summed E-state index contributed by atoms with van der Waals surface area (Å²) in [6.45, 7) is 3.58. The van der Waals surface area contributed by atoms with E-state index < -0.39 is 6.10 Å². The Labute approximate surface area is 82.5 Å². The molecule has 1 aromatic rings. The average molecular weight is 205 g/mol. The van der Waals surface area contributed by atoms with E-state index in [-0.39, 0.29) is 12.4 Å². The number of nitrogens with one attached hydrogen (secondary N) is 1. The highest BCUT2D eigenvalue weighted by atomic mass is 35.5. The molecule has 13 heavy (non-hydrogen) atoms. The Balaban J connectivity index is 0.000000845. The predicted molar refractivity (Wildman–Crippen MR) is 49.8 cm³/mol. The van der Waals surface area contributed by atoms with Crippen LogP contribution in [-0.4, -0.2) is 33.2 Å². The van der Waals surface area contributed by atoms with Gasteiger partial charge in [0.1, 0.15) is 5.69 Å². The molecule has 0 spiro atoms. The molecule has 1 aliphatic heterocycles. The molecule has 2 rings (SSSR count). The molecule has 1 aliphatic rings. The van der Waals surface area contributed by atoms with Crippen LogP contribution in [0.3, 0.4) is 0 Å². The Morgan fingerprint density at radius 2 is 2.38 bits per heavy atom. The van der Waals surface area contributed by atoms with E-state index in [0.717, 1.165) is 13.1 Å². The molecule has 1 saturated heterocycles. The van der Waals surface area contributed by atoms with Gasteiger partial charge in [0.25, 0.3) is 0 Å². The van der Waals surface area contributed by atoms with Gasteiger partial charge < -0.3 is 10.4 Å². The zero-order valence-electron chi connectivity index (χ0n) is 7.34. The number of nitrogens with zero attached hydrogens (tertiary/aromatic N) is 3. The van der Waals surface area contributed by atoms with Crippen LogP contribution in [0.5, 0.6) is 0 Å². The van der Waals surface area contributed by atoms with Gasteiger partial charge in [-0.15, -0.1) is 17.5 Å². The minimum Gasteiger partial charge on any atom is -0.387 e. The van der Waals surface area contributed by atoms with Crippen LogP contribution >= 0.6 is 12.4 Å². The highest BCUT2D eigenvalue weighted by Gasteiger charge is 2.20. The van der Waals surface area contributed by atoms with E-state index in [4.69, 9.17) is 0 Å². The Kier molecular flexibility index (Phi) is 3.24. The van der Waals surface area contributed by atoms with Gasteiger partial charge in [0.05, 0.1) is 18.3 Å². The molecule has 0 saturated carbocycles. The minimum atomic E-state index is -0.521. The van der Waals surface area contributed by atoms with Gasteiger partial charge in [-0.05, 0) is 6.92 Å². The van der Waals surface area contributed by atoms with Crippen molar-refractivity contribution in [3.63, 3.8) is 0 Å². The van der Waals surface area contributed by atoms with Gasteiger partial charge in [0, 0.05) is 13.1 Å². The van der Waals surface area contributed by atoms with Crippen molar-refractivity contribution in [1.29, 1.82) is 0 Å². The monoisotopic (exact) mass is 204 g/mol. The molecule has 0 bridgehead atoms. The third-order valence-electron chi connectivity index (χ3n) is 2.09. The topological polar surface area (TPSA) is 63.0 Å². The van der Waals surface area contributed by atoms with Crippen molar-refractivity contribution in [2.45, 2.75) is 19.1 Å². The molecule has 0 aromatic carbocycles. The van der Waals surface area contributed by atoms with Crippen LogP contribution in [0.15, 0.2) is 6.20 Å². The first-order chi connectivity index (χ1) is 5.77. The SMILES string of the molecule is C[C@@H](O)c1cn(C2CNC2)nn1.Cl. The Morgan fingerprint density at radius 3 is 2.77 bits per heavy atom. The van der Waals surface area contributed by atoms with Crippen molar-refractivity contribution in [2.75, 3.05) is 13.1 Å². The first-order valence-electron chi connectivity index (χ1n) is 4.08. The van der Waals surface area contributed by atoms with Gasteiger partial charge in [-0.25, -0.2) is 4.68 Å². The molecule has 6 heteroatoms. The molecule has 1 atom stereocenters. The summed E-state index contributed by atoms with van der Waals surface area (Å²) in [7, 11) is 0. The molecule has 74 valence electrons. The lowest BCUT2D eigenvalue weighted by Crippen LogP contribution is -2.43. The van der Waals surface area contributed by atoms with Crippen LogP contribution in [0.2, 0.25) is 0 Å². The number of aliphatic hydroxyl groups excluding tert-OH is 1. The Bertz CT molecular complexity index is 271. The van der Waals surface area contributed by atoms with E-state index in [1.165, 1.54) is 0 Å². The second kappa shape index (κ2) is 4.04. The number of aromatic nitrogens is 3. The maximum Gasteiger partial charge on any atom is 0.111 e. The van der Waals surface area contributed by atoms with E-state index in [0.29, 0.717) is 11.7 Å². The van der Waals surface area contributed by atoms with E-state index in [1.807, 2.05) is 0 Å². The van der Waals surface area contributed by atoms with Crippen LogP contribution < -0.4 is 5.32 Å². The molecule has 0 unspecified atom stereocenters. The molecule has 0 amide bonds. The second-order valence-electron chi connectivity index (χ2n) is 3.11. The van der Waals surface area contributed by atoms with Gasteiger partial charge in [-0.1, -0.05) is 5.21 Å². The van der Waals surface area contributed by atoms with E-state index in [2.05, 4.69) is 15.6 Å². The van der Waals surface area contributed by atoms with Gasteiger partial charge in [0.15, 0.2) is 0 Å². The zero-order valence-corrected chi connectivity index (χ0v) is 8.16. The number of halogens is 1. The van der Waals surface area contributed by atoms with Crippen LogP contribution in [-0.2, 0) is 0 Å². The van der Waals surface area contributed by atoms with Crippen molar-refractivity contribution in [3.8, 4) is 0 Å². The van der Waals surface area contributed by atoms with Crippen LogP contribution in [0.1, 0.15) is 24.8 Å². The van der Waals surface area contributed by atoms with Crippen molar-refractivity contribution < 1.29 is 5.11 Å². The lowest BCUT2D eigenvalue weighted by atomic mass is 10.2. The maximum absolute atomic E-state index is 9.18. The van der Waals surface area contributed by atoms with Crippen LogP contribution in [0, 0.1) is 0 Å². The summed E-state index contributed by atoms with van der Waals surface area (Å²) in [4.78, 5) is 0. The van der Waals surface area contributed by atoms with Gasteiger partial charge in [0.2, 0.25) is 0 Å². The summed E-state index contributed by atoms with van der Waals surface area (Å²) in [5.74, 6) is 0. The van der Waals surface area contributed by atoms with E-state index in [1.54, 1.807) is 17.8 Å². The van der Waals surface area contributed by atoms with Crippen LogP contribution in [0.4, 0.5) is 0 Å². The predicted octanol–water partition coefficient (Wildman–Crippen LogP) is -0.103. The molecule has 0 radical (unpaired) electrons. The number of aliphatic hydroxyl groups is 1. The summed E-state index contributed by atoms with van der Waals surface area (Å²) in [6, 6.07) is 0.421. The molecular weight excluding hydrogens is 192 g/mol. The average Bonchev–Trinajstić information content (AvgIpc) is 2.32. The van der Waals surface area contributed by atoms with E-state index in [9.17, 15) is 5.11 Å². The second-order valence-corrected chi connectivity index (χ2v) is 3.11. The molecule has 0 aliphatic carbocycles. The van der Waals surface area contributed by atoms with Gasteiger partial charge in [-0.3, -0.25) is 0 Å². The van der Waals surface area contributed by atoms with Gasteiger partial charge in [-0.2, -0.15) is 0 Å². The highest BCUT2D eigenvalue weighted by molar-refractivity contribution is 5.85. The highest BCUT2D eigenvalue weighted by Crippen LogP contribution is 2.13. The maximum atomic E-state index is 9.18. The molecule has 5 nitrogen and oxygen atoms in total. The minimum absolute atomic E-state index is 0. The molecule has 2 heterocycles. The summed E-state index contributed by atoms with van der Waals surface area (Å²) >= 11 is 0. The number of rotatable bonds is 2. The summed E-state index contributed by atoms with van der Waals surface area (Å²) < 4.78 is 1.80. The fraction of sp³-hybridized carbons (Fsp3) is 0.714. The lowest BCUT2D eigenvalue weighted by Gasteiger charge is -2.26. The summed E-state index contributed by atoms with van der Waals surface area (Å²) in [5, 5.41) is 20.1. The normalized spacial score (nSPS) is 18.9. The summed E-state index contributed by atoms with van der Waals surface area (Å²) in [5.41, 5.74) is 0.641.